The second-order valence-electron chi connectivity index (χ2n) is 3.82. The Labute approximate surface area is 111 Å². The Hall–Kier alpha value is -0.150. The van der Waals surface area contributed by atoms with Crippen molar-refractivity contribution in [2.45, 2.75) is 6.42 Å². The number of rotatable bonds is 1. The maximum atomic E-state index is 6.20. The molecule has 0 N–H and O–H groups in total. The number of benzene rings is 1. The van der Waals surface area contributed by atoms with Crippen LogP contribution < -0.4 is 4.90 Å². The number of hydrogen-bond donors (Lipinski definition) is 0. The van der Waals surface area contributed by atoms with Crippen molar-refractivity contribution in [1.29, 1.82) is 0 Å². The predicted molar refractivity (Wildman–Crippen MR) is 70.7 cm³/mol. The summed E-state index contributed by atoms with van der Waals surface area (Å²) in [6.07, 6.45) is 1.03. The third-order valence-electron chi connectivity index (χ3n) is 2.71. The maximum Gasteiger partial charge on any atom is 0.0825 e. The lowest BCUT2D eigenvalue weighted by Gasteiger charge is -2.23. The summed E-state index contributed by atoms with van der Waals surface area (Å²) in [6, 6.07) is 5.73. The van der Waals surface area contributed by atoms with Crippen LogP contribution in [0.1, 0.15) is 6.42 Å². The molecule has 2 nitrogen and oxygen atoms in total. The number of hydrogen-bond acceptors (Lipinski definition) is 2. The van der Waals surface area contributed by atoms with E-state index in [2.05, 4.69) is 4.90 Å². The summed E-state index contributed by atoms with van der Waals surface area (Å²) in [7, 11) is 0. The quantitative estimate of drug-likeness (QED) is 0.724. The highest BCUT2D eigenvalue weighted by Gasteiger charge is 2.16. The third-order valence-corrected chi connectivity index (χ3v) is 3.86. The van der Waals surface area contributed by atoms with Gasteiger partial charge >= 0.3 is 0 Å². The topological polar surface area (TPSA) is 6.48 Å². The molecule has 0 amide bonds. The van der Waals surface area contributed by atoms with Crippen molar-refractivity contribution >= 4 is 40.7 Å². The molecule has 1 aliphatic rings. The molecule has 1 aliphatic heterocycles. The van der Waals surface area contributed by atoms with Crippen LogP contribution in [0.4, 0.5) is 5.69 Å². The van der Waals surface area contributed by atoms with Gasteiger partial charge in [0.15, 0.2) is 0 Å². The fourth-order valence-corrected chi connectivity index (χ4v) is 2.47. The first-order chi connectivity index (χ1) is 7.68. The van der Waals surface area contributed by atoms with Gasteiger partial charge in [-0.3, -0.25) is 0 Å². The van der Waals surface area contributed by atoms with Gasteiger partial charge in [-0.05, 0) is 30.3 Å². The molecule has 5 heteroatoms. The highest BCUT2D eigenvalue weighted by molar-refractivity contribution is 6.43. The lowest BCUT2D eigenvalue weighted by molar-refractivity contribution is 0.487. The van der Waals surface area contributed by atoms with Gasteiger partial charge in [-0.1, -0.05) is 29.3 Å². The fourth-order valence-electron chi connectivity index (χ4n) is 1.86. The van der Waals surface area contributed by atoms with E-state index < -0.39 is 0 Å². The molecule has 0 aromatic heterocycles. The van der Waals surface area contributed by atoms with Gasteiger partial charge in [-0.25, -0.2) is 4.42 Å². The van der Waals surface area contributed by atoms with Crippen LogP contribution in [-0.4, -0.2) is 30.6 Å². The van der Waals surface area contributed by atoms with Gasteiger partial charge in [-0.2, -0.15) is 0 Å². The van der Waals surface area contributed by atoms with Gasteiger partial charge in [0.25, 0.3) is 0 Å². The molecule has 0 spiro atoms. The average Bonchev–Trinajstić information content (AvgIpc) is 2.47. The number of halogens is 3. The zero-order valence-electron chi connectivity index (χ0n) is 8.80. The lowest BCUT2D eigenvalue weighted by Crippen LogP contribution is -2.27. The highest BCUT2D eigenvalue weighted by Crippen LogP contribution is 2.32. The van der Waals surface area contributed by atoms with E-state index >= 15 is 0 Å². The molecule has 0 radical (unpaired) electrons. The maximum absolute atomic E-state index is 6.20. The smallest absolute Gasteiger partial charge is 0.0825 e. The minimum atomic E-state index is 0.603. The molecule has 88 valence electrons. The molecule has 1 saturated heterocycles. The van der Waals surface area contributed by atoms with Gasteiger partial charge in [0.1, 0.15) is 0 Å². The summed E-state index contributed by atoms with van der Waals surface area (Å²) in [5.41, 5.74) is 1.00. The Kier molecular flexibility index (Phi) is 4.20. The summed E-state index contributed by atoms with van der Waals surface area (Å²) in [4.78, 5) is 2.23. The first-order valence-electron chi connectivity index (χ1n) is 5.28. The summed E-state index contributed by atoms with van der Waals surface area (Å²) < 4.78 is 1.82. The molecular formula is C11H13Cl3N2. The van der Waals surface area contributed by atoms with Crippen molar-refractivity contribution in [2.75, 3.05) is 31.1 Å². The van der Waals surface area contributed by atoms with Crippen molar-refractivity contribution in [2.24, 2.45) is 0 Å². The summed E-state index contributed by atoms with van der Waals surface area (Å²) in [6.45, 7) is 3.59. The lowest BCUT2D eigenvalue weighted by atomic mass is 10.2. The predicted octanol–water partition coefficient (Wildman–Crippen LogP) is 3.66. The minimum absolute atomic E-state index is 0.603. The average molecular weight is 280 g/mol. The van der Waals surface area contributed by atoms with E-state index in [0.717, 1.165) is 38.3 Å². The largest absolute Gasteiger partial charge is 0.369 e. The van der Waals surface area contributed by atoms with Crippen LogP contribution in [0.3, 0.4) is 0 Å². The van der Waals surface area contributed by atoms with Crippen LogP contribution in [0.25, 0.3) is 0 Å². The van der Waals surface area contributed by atoms with E-state index in [1.165, 1.54) is 0 Å². The molecule has 1 aromatic carbocycles. The van der Waals surface area contributed by atoms with E-state index in [1.807, 2.05) is 16.6 Å². The molecule has 0 aliphatic carbocycles. The first-order valence-corrected chi connectivity index (χ1v) is 6.37. The minimum Gasteiger partial charge on any atom is -0.369 e. The van der Waals surface area contributed by atoms with E-state index in [-0.39, 0.29) is 0 Å². The standard InChI is InChI=1S/C11H13Cl3N2/c12-9-3-1-4-10(11(9)13)15-5-2-6-16(14)8-7-15/h1,3-4H,2,5-8H2. The van der Waals surface area contributed by atoms with Crippen molar-refractivity contribution < 1.29 is 0 Å². The summed E-state index contributed by atoms with van der Waals surface area (Å²) >= 11 is 18.2. The van der Waals surface area contributed by atoms with Crippen molar-refractivity contribution in [1.82, 2.24) is 4.42 Å². The monoisotopic (exact) mass is 278 g/mol. The van der Waals surface area contributed by atoms with Crippen molar-refractivity contribution in [3.63, 3.8) is 0 Å². The van der Waals surface area contributed by atoms with E-state index in [1.54, 1.807) is 6.07 Å². The number of anilines is 1. The van der Waals surface area contributed by atoms with Crippen LogP contribution in [0.5, 0.6) is 0 Å². The third kappa shape index (κ3) is 2.75. The second-order valence-corrected chi connectivity index (χ2v) is 5.09. The van der Waals surface area contributed by atoms with Gasteiger partial charge in [0.05, 0.1) is 15.7 Å². The SMILES string of the molecule is Clc1cccc(N2CCCN(Cl)CC2)c1Cl. The first kappa shape index (κ1) is 12.3. The zero-order valence-corrected chi connectivity index (χ0v) is 11.1. The van der Waals surface area contributed by atoms with Gasteiger partial charge in [0.2, 0.25) is 0 Å². The van der Waals surface area contributed by atoms with Crippen molar-refractivity contribution in [3.8, 4) is 0 Å². The fraction of sp³-hybridized carbons (Fsp3) is 0.455. The molecule has 0 bridgehead atoms. The number of nitrogens with zero attached hydrogens (tertiary/aromatic N) is 2. The van der Waals surface area contributed by atoms with Crippen molar-refractivity contribution in [3.05, 3.63) is 28.2 Å². The van der Waals surface area contributed by atoms with Crippen LogP contribution >= 0.6 is 35.0 Å². The molecule has 0 atom stereocenters. The normalized spacial score (nSPS) is 18.6. The van der Waals surface area contributed by atoms with Crippen LogP contribution in [0, 0.1) is 0 Å². The van der Waals surface area contributed by atoms with Crippen LogP contribution in [-0.2, 0) is 0 Å². The Morgan fingerprint density at radius 2 is 1.81 bits per heavy atom. The summed E-state index contributed by atoms with van der Waals surface area (Å²) in [5, 5.41) is 1.23. The van der Waals surface area contributed by atoms with E-state index in [9.17, 15) is 0 Å². The second kappa shape index (κ2) is 5.46. The van der Waals surface area contributed by atoms with Gasteiger partial charge < -0.3 is 4.90 Å². The molecule has 2 rings (SSSR count). The Morgan fingerprint density at radius 1 is 1.00 bits per heavy atom. The molecule has 16 heavy (non-hydrogen) atoms. The van der Waals surface area contributed by atoms with Gasteiger partial charge in [-0.15, -0.1) is 0 Å². The Morgan fingerprint density at radius 3 is 2.62 bits per heavy atom. The molecule has 0 saturated carbocycles. The van der Waals surface area contributed by atoms with Crippen LogP contribution in [0.2, 0.25) is 10.0 Å². The van der Waals surface area contributed by atoms with Crippen LogP contribution in [0.15, 0.2) is 18.2 Å². The Bertz CT molecular complexity index is 370. The van der Waals surface area contributed by atoms with E-state index in [0.29, 0.717) is 10.0 Å². The Balaban J connectivity index is 2.20. The van der Waals surface area contributed by atoms with Gasteiger partial charge in [0, 0.05) is 26.2 Å². The molecule has 1 fully saturated rings. The van der Waals surface area contributed by atoms with E-state index in [4.69, 9.17) is 35.0 Å². The molecule has 1 aromatic rings. The molecule has 0 unspecified atom stereocenters. The summed E-state index contributed by atoms with van der Waals surface area (Å²) in [5.74, 6) is 0. The molecular weight excluding hydrogens is 266 g/mol. The highest BCUT2D eigenvalue weighted by atomic mass is 35.5. The zero-order chi connectivity index (χ0) is 11.5. The molecule has 1 heterocycles.